The number of aromatic carboxylic acids is 1. The smallest absolute Gasteiger partial charge is 0.355 e. The van der Waals surface area contributed by atoms with Gasteiger partial charge in [-0.15, -0.1) is 11.3 Å². The van der Waals surface area contributed by atoms with Gasteiger partial charge >= 0.3 is 5.97 Å². The molecule has 0 spiro atoms. The number of nitrogens with one attached hydrogen (secondary N) is 1. The molecule has 0 bridgehead atoms. The maximum atomic E-state index is 13.4. The lowest BCUT2D eigenvalue weighted by Crippen LogP contribution is -2.30. The molecule has 0 unspecified atom stereocenters. The molecular formula is C15H15FN2O4S. The quantitative estimate of drug-likeness (QED) is 0.806. The van der Waals surface area contributed by atoms with Crippen LogP contribution in [-0.2, 0) is 11.2 Å². The summed E-state index contributed by atoms with van der Waals surface area (Å²) in [5.41, 5.74) is 0.828. The number of rotatable bonds is 7. The van der Waals surface area contributed by atoms with Crippen molar-refractivity contribution in [2.24, 2.45) is 0 Å². The van der Waals surface area contributed by atoms with Crippen LogP contribution in [0.15, 0.2) is 23.6 Å². The number of thiazole rings is 1. The molecule has 1 aromatic carbocycles. The molecule has 6 nitrogen and oxygen atoms in total. The topological polar surface area (TPSA) is 88.5 Å². The molecular weight excluding hydrogens is 323 g/mol. The first-order valence-corrected chi connectivity index (χ1v) is 7.67. The lowest BCUT2D eigenvalue weighted by molar-refractivity contribution is -0.123. The molecule has 0 fully saturated rings. The molecule has 0 aliphatic carbocycles. The van der Waals surface area contributed by atoms with E-state index in [1.165, 1.54) is 28.8 Å². The van der Waals surface area contributed by atoms with Crippen molar-refractivity contribution in [1.29, 1.82) is 0 Å². The highest BCUT2D eigenvalue weighted by atomic mass is 32.1. The van der Waals surface area contributed by atoms with Gasteiger partial charge in [0.1, 0.15) is 0 Å². The molecule has 0 radical (unpaired) electrons. The van der Waals surface area contributed by atoms with Gasteiger partial charge in [0.15, 0.2) is 23.9 Å². The van der Waals surface area contributed by atoms with E-state index in [1.54, 1.807) is 13.0 Å². The second-order valence-corrected chi connectivity index (χ2v) is 5.70. The van der Waals surface area contributed by atoms with E-state index in [0.29, 0.717) is 18.0 Å². The number of hydrogen-bond donors (Lipinski definition) is 2. The molecule has 1 aromatic heterocycles. The predicted octanol–water partition coefficient (Wildman–Crippen LogP) is 2.03. The van der Waals surface area contributed by atoms with Crippen LogP contribution >= 0.6 is 11.3 Å². The molecule has 0 aliphatic rings. The molecule has 2 N–H and O–H groups in total. The third kappa shape index (κ3) is 5.03. The van der Waals surface area contributed by atoms with Crippen LogP contribution < -0.4 is 10.1 Å². The first kappa shape index (κ1) is 16.9. The van der Waals surface area contributed by atoms with E-state index in [2.05, 4.69) is 10.3 Å². The second-order valence-electron chi connectivity index (χ2n) is 4.75. The first-order valence-electron chi connectivity index (χ1n) is 6.79. The van der Waals surface area contributed by atoms with E-state index in [4.69, 9.17) is 9.84 Å². The number of aromatic nitrogens is 1. The van der Waals surface area contributed by atoms with Crippen molar-refractivity contribution < 1.29 is 23.8 Å². The number of carboxylic acid groups (broad SMARTS) is 1. The number of carbonyl (C=O) groups is 2. The van der Waals surface area contributed by atoms with Crippen LogP contribution in [0.2, 0.25) is 0 Å². The standard InChI is InChI=1S/C15H15FN2O4S/c1-9-2-3-10(16)12(6-9)22-7-13(19)17-5-4-14-18-11(8-23-14)15(20)21/h2-3,6,8H,4-5,7H2,1H3,(H,17,19)(H,20,21). The predicted molar refractivity (Wildman–Crippen MR) is 82.4 cm³/mol. The van der Waals surface area contributed by atoms with Gasteiger partial charge in [-0.3, -0.25) is 4.79 Å². The SMILES string of the molecule is Cc1ccc(F)c(OCC(=O)NCCc2nc(C(=O)O)cs2)c1. The summed E-state index contributed by atoms with van der Waals surface area (Å²) in [6, 6.07) is 4.42. The van der Waals surface area contributed by atoms with Crippen molar-refractivity contribution in [3.05, 3.63) is 45.7 Å². The Morgan fingerprint density at radius 1 is 1.43 bits per heavy atom. The van der Waals surface area contributed by atoms with Gasteiger partial charge in [-0.2, -0.15) is 0 Å². The zero-order valence-corrected chi connectivity index (χ0v) is 13.2. The molecule has 0 aliphatic heterocycles. The summed E-state index contributed by atoms with van der Waals surface area (Å²) in [7, 11) is 0. The highest BCUT2D eigenvalue weighted by molar-refractivity contribution is 7.09. The van der Waals surface area contributed by atoms with Crippen LogP contribution in [0, 0.1) is 12.7 Å². The number of hydrogen-bond acceptors (Lipinski definition) is 5. The van der Waals surface area contributed by atoms with Crippen molar-refractivity contribution in [1.82, 2.24) is 10.3 Å². The van der Waals surface area contributed by atoms with E-state index in [0.717, 1.165) is 5.56 Å². The van der Waals surface area contributed by atoms with Gasteiger partial charge < -0.3 is 15.2 Å². The number of amides is 1. The molecule has 1 amide bonds. The molecule has 122 valence electrons. The van der Waals surface area contributed by atoms with E-state index >= 15 is 0 Å². The van der Waals surface area contributed by atoms with E-state index in [9.17, 15) is 14.0 Å². The Hall–Kier alpha value is -2.48. The minimum atomic E-state index is -1.08. The average Bonchev–Trinajstić information content (AvgIpc) is 2.97. The van der Waals surface area contributed by atoms with E-state index in [-0.39, 0.29) is 24.0 Å². The second kappa shape index (κ2) is 7.68. The Labute approximate surface area is 135 Å². The van der Waals surface area contributed by atoms with Crippen molar-refractivity contribution in [3.8, 4) is 5.75 Å². The van der Waals surface area contributed by atoms with E-state index < -0.39 is 11.8 Å². The molecule has 0 saturated carbocycles. The maximum absolute atomic E-state index is 13.4. The van der Waals surface area contributed by atoms with Gasteiger partial charge in [0.05, 0.1) is 5.01 Å². The van der Waals surface area contributed by atoms with Gasteiger partial charge in [0.25, 0.3) is 5.91 Å². The monoisotopic (exact) mass is 338 g/mol. The van der Waals surface area contributed by atoms with Crippen LogP contribution in [-0.4, -0.2) is 35.1 Å². The van der Waals surface area contributed by atoms with Crippen LogP contribution in [0.1, 0.15) is 21.1 Å². The van der Waals surface area contributed by atoms with Gasteiger partial charge in [-0.1, -0.05) is 6.07 Å². The minimum absolute atomic E-state index is 0.00502. The highest BCUT2D eigenvalue weighted by Gasteiger charge is 2.10. The van der Waals surface area contributed by atoms with Crippen LogP contribution in [0.25, 0.3) is 0 Å². The largest absolute Gasteiger partial charge is 0.481 e. The fraction of sp³-hybridized carbons (Fsp3) is 0.267. The summed E-state index contributed by atoms with van der Waals surface area (Å²) >= 11 is 1.22. The highest BCUT2D eigenvalue weighted by Crippen LogP contribution is 2.18. The Morgan fingerprint density at radius 3 is 2.91 bits per heavy atom. The Kier molecular flexibility index (Phi) is 5.64. The number of benzene rings is 1. The van der Waals surface area contributed by atoms with Gasteiger partial charge in [0.2, 0.25) is 0 Å². The molecule has 2 rings (SSSR count). The first-order chi connectivity index (χ1) is 11.0. The normalized spacial score (nSPS) is 10.3. The Bertz CT molecular complexity index is 717. The minimum Gasteiger partial charge on any atom is -0.481 e. The van der Waals surface area contributed by atoms with Gasteiger partial charge in [0, 0.05) is 18.3 Å². The van der Waals surface area contributed by atoms with Crippen LogP contribution in [0.4, 0.5) is 4.39 Å². The van der Waals surface area contributed by atoms with Gasteiger partial charge in [-0.25, -0.2) is 14.2 Å². The third-order valence-electron chi connectivity index (χ3n) is 2.88. The number of halogens is 1. The summed E-state index contributed by atoms with van der Waals surface area (Å²) < 4.78 is 18.6. The number of carbonyl (C=O) groups excluding carboxylic acids is 1. The molecule has 1 heterocycles. The lowest BCUT2D eigenvalue weighted by atomic mass is 10.2. The number of aryl methyl sites for hydroxylation is 1. The summed E-state index contributed by atoms with van der Waals surface area (Å²) in [6.45, 7) is 1.80. The third-order valence-corrected chi connectivity index (χ3v) is 3.79. The molecule has 23 heavy (non-hydrogen) atoms. The summed E-state index contributed by atoms with van der Waals surface area (Å²) in [4.78, 5) is 26.2. The molecule has 0 saturated heterocycles. The fourth-order valence-electron chi connectivity index (χ4n) is 1.75. The number of ether oxygens (including phenoxy) is 1. The summed E-state index contributed by atoms with van der Waals surface area (Å²) in [6.07, 6.45) is 0.419. The van der Waals surface area contributed by atoms with Crippen molar-refractivity contribution in [2.75, 3.05) is 13.2 Å². The average molecular weight is 338 g/mol. The summed E-state index contributed by atoms with van der Waals surface area (Å²) in [5.74, 6) is -1.95. The molecule has 0 atom stereocenters. The molecule has 2 aromatic rings. The Balaban J connectivity index is 1.74. The van der Waals surface area contributed by atoms with Crippen molar-refractivity contribution in [3.63, 3.8) is 0 Å². The van der Waals surface area contributed by atoms with Gasteiger partial charge in [-0.05, 0) is 24.6 Å². The lowest BCUT2D eigenvalue weighted by Gasteiger charge is -2.08. The Morgan fingerprint density at radius 2 is 2.22 bits per heavy atom. The van der Waals surface area contributed by atoms with Crippen LogP contribution in [0.3, 0.4) is 0 Å². The zero-order valence-electron chi connectivity index (χ0n) is 12.3. The van der Waals surface area contributed by atoms with E-state index in [1.807, 2.05) is 0 Å². The number of nitrogens with zero attached hydrogens (tertiary/aromatic N) is 1. The maximum Gasteiger partial charge on any atom is 0.355 e. The fourth-order valence-corrected chi connectivity index (χ4v) is 2.52. The van der Waals surface area contributed by atoms with Crippen LogP contribution in [0.5, 0.6) is 5.75 Å². The molecule has 8 heteroatoms. The van der Waals surface area contributed by atoms with Crippen molar-refractivity contribution >= 4 is 23.2 Å². The summed E-state index contributed by atoms with van der Waals surface area (Å²) in [5, 5.41) is 13.4. The zero-order chi connectivity index (χ0) is 16.8. The van der Waals surface area contributed by atoms with Crippen molar-refractivity contribution in [2.45, 2.75) is 13.3 Å². The number of carboxylic acids is 1.